The van der Waals surface area contributed by atoms with Crippen LogP contribution in [-0.2, 0) is 0 Å². The smallest absolute Gasteiger partial charge is 0.155 e. The summed E-state index contributed by atoms with van der Waals surface area (Å²) in [5, 5.41) is 18.6. The van der Waals surface area contributed by atoms with Crippen LogP contribution in [0, 0.1) is 5.92 Å². The molecule has 2 N–H and O–H groups in total. The molecule has 0 saturated carbocycles. The van der Waals surface area contributed by atoms with Crippen molar-refractivity contribution in [1.82, 2.24) is 0 Å². The van der Waals surface area contributed by atoms with Gasteiger partial charge in [-0.1, -0.05) is 20.4 Å². The summed E-state index contributed by atoms with van der Waals surface area (Å²) < 4.78 is 0. The maximum Gasteiger partial charge on any atom is 0.155 e. The second-order valence-electron chi connectivity index (χ2n) is 2.82. The van der Waals surface area contributed by atoms with Crippen LogP contribution in [-0.4, -0.2) is 10.2 Å². The van der Waals surface area contributed by atoms with Crippen LogP contribution in [0.15, 0.2) is 23.7 Å². The monoisotopic (exact) mass is 156 g/mol. The van der Waals surface area contributed by atoms with Gasteiger partial charge in [-0.15, -0.1) is 0 Å². The van der Waals surface area contributed by atoms with Gasteiger partial charge < -0.3 is 10.2 Å². The van der Waals surface area contributed by atoms with Crippen molar-refractivity contribution in [2.45, 2.75) is 27.2 Å². The SMILES string of the molecule is C=C(C)C(O)=C(O)C(C)CC. The van der Waals surface area contributed by atoms with Gasteiger partial charge in [-0.25, -0.2) is 0 Å². The molecule has 0 radical (unpaired) electrons. The molecule has 0 fully saturated rings. The van der Waals surface area contributed by atoms with Crippen molar-refractivity contribution in [1.29, 1.82) is 0 Å². The first kappa shape index (κ1) is 10.1. The molecule has 64 valence electrons. The maximum atomic E-state index is 9.33. The number of aliphatic hydroxyl groups is 2. The molecule has 0 aliphatic rings. The summed E-state index contributed by atoms with van der Waals surface area (Å²) in [6, 6.07) is 0. The Labute approximate surface area is 67.9 Å². The van der Waals surface area contributed by atoms with Crippen molar-refractivity contribution in [3.8, 4) is 0 Å². The molecule has 11 heavy (non-hydrogen) atoms. The molecule has 0 bridgehead atoms. The average molecular weight is 156 g/mol. The zero-order valence-electron chi connectivity index (χ0n) is 7.39. The third kappa shape index (κ3) is 2.66. The van der Waals surface area contributed by atoms with Crippen LogP contribution < -0.4 is 0 Å². The van der Waals surface area contributed by atoms with E-state index in [9.17, 15) is 10.2 Å². The summed E-state index contributed by atoms with van der Waals surface area (Å²) in [6.07, 6.45) is 0.809. The van der Waals surface area contributed by atoms with E-state index in [2.05, 4.69) is 6.58 Å². The van der Waals surface area contributed by atoms with E-state index in [0.29, 0.717) is 5.57 Å². The number of aliphatic hydroxyl groups excluding tert-OH is 2. The number of rotatable bonds is 3. The third-order valence-corrected chi connectivity index (χ3v) is 1.73. The van der Waals surface area contributed by atoms with Gasteiger partial charge in [-0.2, -0.15) is 0 Å². The summed E-state index contributed by atoms with van der Waals surface area (Å²) >= 11 is 0. The lowest BCUT2D eigenvalue weighted by Gasteiger charge is -2.09. The minimum absolute atomic E-state index is 0.00620. The second-order valence-corrected chi connectivity index (χ2v) is 2.82. The molecular formula is C9H16O2. The van der Waals surface area contributed by atoms with E-state index in [-0.39, 0.29) is 17.4 Å². The number of allylic oxidation sites excluding steroid dienone is 2. The predicted molar refractivity (Wildman–Crippen MR) is 46.6 cm³/mol. The van der Waals surface area contributed by atoms with E-state index >= 15 is 0 Å². The average Bonchev–Trinajstić information content (AvgIpc) is 2.00. The lowest BCUT2D eigenvalue weighted by atomic mass is 10.0. The molecule has 0 aromatic heterocycles. The van der Waals surface area contributed by atoms with Crippen LogP contribution in [0.1, 0.15) is 27.2 Å². The largest absolute Gasteiger partial charge is 0.508 e. The van der Waals surface area contributed by atoms with Gasteiger partial charge in [0.2, 0.25) is 0 Å². The molecule has 0 rings (SSSR count). The minimum atomic E-state index is -0.0700. The molecule has 0 aliphatic heterocycles. The lowest BCUT2D eigenvalue weighted by Crippen LogP contribution is -2.01. The van der Waals surface area contributed by atoms with E-state index in [1.54, 1.807) is 6.92 Å². The Morgan fingerprint density at radius 2 is 1.91 bits per heavy atom. The van der Waals surface area contributed by atoms with Crippen molar-refractivity contribution in [3.05, 3.63) is 23.7 Å². The standard InChI is InChI=1S/C9H16O2/c1-5-7(4)9(11)8(10)6(2)3/h7,10-11H,2,5H2,1,3-4H3. The first-order chi connectivity index (χ1) is 5.00. The van der Waals surface area contributed by atoms with Gasteiger partial charge in [0.1, 0.15) is 5.76 Å². The lowest BCUT2D eigenvalue weighted by molar-refractivity contribution is 0.283. The molecule has 0 aromatic carbocycles. The van der Waals surface area contributed by atoms with E-state index in [0.717, 1.165) is 6.42 Å². The van der Waals surface area contributed by atoms with Crippen LogP contribution in [0.5, 0.6) is 0 Å². The highest BCUT2D eigenvalue weighted by Gasteiger charge is 2.10. The Balaban J connectivity index is 4.51. The molecule has 1 atom stereocenters. The molecule has 0 amide bonds. The summed E-state index contributed by atoms with van der Waals surface area (Å²) in [4.78, 5) is 0. The summed E-state index contributed by atoms with van der Waals surface area (Å²) in [7, 11) is 0. The molecule has 0 aliphatic carbocycles. The molecule has 0 spiro atoms. The summed E-state index contributed by atoms with van der Waals surface area (Å²) in [5.41, 5.74) is 0.503. The highest BCUT2D eigenvalue weighted by atomic mass is 16.3. The van der Waals surface area contributed by atoms with Gasteiger partial charge >= 0.3 is 0 Å². The fourth-order valence-corrected chi connectivity index (χ4v) is 0.645. The van der Waals surface area contributed by atoms with Crippen molar-refractivity contribution in [2.24, 2.45) is 5.92 Å². The zero-order valence-corrected chi connectivity index (χ0v) is 7.39. The van der Waals surface area contributed by atoms with Crippen molar-refractivity contribution < 1.29 is 10.2 Å². The van der Waals surface area contributed by atoms with Gasteiger partial charge in [0.25, 0.3) is 0 Å². The molecule has 2 heteroatoms. The highest BCUT2D eigenvalue weighted by molar-refractivity contribution is 5.22. The quantitative estimate of drug-likeness (QED) is 0.487. The number of hydrogen-bond donors (Lipinski definition) is 2. The maximum absolute atomic E-state index is 9.33. The Hall–Kier alpha value is -0.920. The Morgan fingerprint density at radius 1 is 1.45 bits per heavy atom. The Kier molecular flexibility index (Phi) is 3.72. The van der Waals surface area contributed by atoms with Crippen LogP contribution in [0.4, 0.5) is 0 Å². The third-order valence-electron chi connectivity index (χ3n) is 1.73. The van der Waals surface area contributed by atoms with Crippen LogP contribution in [0.2, 0.25) is 0 Å². The first-order valence-electron chi connectivity index (χ1n) is 3.78. The fourth-order valence-electron chi connectivity index (χ4n) is 0.645. The normalized spacial score (nSPS) is 15.5. The fraction of sp³-hybridized carbons (Fsp3) is 0.556. The molecule has 0 aromatic rings. The summed E-state index contributed by atoms with van der Waals surface area (Å²) in [5.74, 6) is -0.0222. The highest BCUT2D eigenvalue weighted by Crippen LogP contribution is 2.17. The van der Waals surface area contributed by atoms with Crippen molar-refractivity contribution in [3.63, 3.8) is 0 Å². The molecular weight excluding hydrogens is 140 g/mol. The van der Waals surface area contributed by atoms with Gasteiger partial charge in [0.15, 0.2) is 5.76 Å². The van der Waals surface area contributed by atoms with E-state index < -0.39 is 0 Å². The van der Waals surface area contributed by atoms with Gasteiger partial charge in [-0.05, 0) is 18.9 Å². The second kappa shape index (κ2) is 4.06. The Morgan fingerprint density at radius 3 is 2.18 bits per heavy atom. The van der Waals surface area contributed by atoms with Gasteiger partial charge in [-0.3, -0.25) is 0 Å². The van der Waals surface area contributed by atoms with Crippen LogP contribution in [0.3, 0.4) is 0 Å². The Bertz CT molecular complexity index is 180. The van der Waals surface area contributed by atoms with Crippen molar-refractivity contribution >= 4 is 0 Å². The van der Waals surface area contributed by atoms with E-state index in [1.165, 1.54) is 0 Å². The van der Waals surface area contributed by atoms with E-state index in [4.69, 9.17) is 0 Å². The van der Waals surface area contributed by atoms with Gasteiger partial charge in [0, 0.05) is 5.92 Å². The van der Waals surface area contributed by atoms with E-state index in [1.807, 2.05) is 13.8 Å². The van der Waals surface area contributed by atoms with Crippen molar-refractivity contribution in [2.75, 3.05) is 0 Å². The molecule has 0 heterocycles. The van der Waals surface area contributed by atoms with Crippen LogP contribution >= 0.6 is 0 Å². The topological polar surface area (TPSA) is 40.5 Å². The van der Waals surface area contributed by atoms with Crippen LogP contribution in [0.25, 0.3) is 0 Å². The minimum Gasteiger partial charge on any atom is -0.508 e. The molecule has 0 saturated heterocycles. The molecule has 2 nitrogen and oxygen atoms in total. The van der Waals surface area contributed by atoms with Gasteiger partial charge in [0.05, 0.1) is 0 Å². The molecule has 1 unspecified atom stereocenters. The zero-order chi connectivity index (χ0) is 9.02. The number of hydrogen-bond acceptors (Lipinski definition) is 2. The first-order valence-corrected chi connectivity index (χ1v) is 3.78. The summed E-state index contributed by atoms with van der Waals surface area (Å²) in [6.45, 7) is 8.99. The predicted octanol–water partition coefficient (Wildman–Crippen LogP) is 2.94.